The lowest BCUT2D eigenvalue weighted by Crippen LogP contribution is -2.50. The first-order valence-corrected chi connectivity index (χ1v) is 4.50. The molecule has 0 radical (unpaired) electrons. The molecule has 0 aromatic carbocycles. The molecular formula is C5H8F4N4O6. The Morgan fingerprint density at radius 3 is 1.42 bits per heavy atom. The molecule has 0 spiro atoms. The molecule has 10 nitrogen and oxygen atoms in total. The summed E-state index contributed by atoms with van der Waals surface area (Å²) in [6.07, 6.45) is -2.37. The van der Waals surface area contributed by atoms with Gasteiger partial charge >= 0.3 is 0 Å². The van der Waals surface area contributed by atoms with Gasteiger partial charge in [-0.05, 0) is 0 Å². The molecule has 0 aliphatic rings. The summed E-state index contributed by atoms with van der Waals surface area (Å²) in [6.45, 7) is -2.11. The third-order valence-electron chi connectivity index (χ3n) is 2.03. The van der Waals surface area contributed by atoms with Gasteiger partial charge in [0, 0.05) is 23.5 Å². The van der Waals surface area contributed by atoms with Crippen molar-refractivity contribution in [2.45, 2.75) is 18.5 Å². The van der Waals surface area contributed by atoms with E-state index >= 15 is 0 Å². The minimum atomic E-state index is -3.29. The van der Waals surface area contributed by atoms with Crippen molar-refractivity contribution >= 4 is 0 Å². The van der Waals surface area contributed by atoms with Crippen LogP contribution in [0.25, 0.3) is 0 Å². The van der Waals surface area contributed by atoms with Crippen molar-refractivity contribution in [3.05, 3.63) is 20.2 Å². The van der Waals surface area contributed by atoms with Crippen LogP contribution in [-0.4, -0.2) is 39.7 Å². The summed E-state index contributed by atoms with van der Waals surface area (Å²) in [6, 6.07) is 0. The molecule has 0 atom stereocenters. The maximum atomic E-state index is 12.5. The zero-order valence-corrected chi connectivity index (χ0v) is 9.08. The summed E-state index contributed by atoms with van der Waals surface area (Å²) in [5.74, 6) is 0. The fourth-order valence-electron chi connectivity index (χ4n) is 1.09. The normalized spacial score (nSPS) is 11.7. The largest absolute Gasteiger partial charge is 0.314 e. The first-order chi connectivity index (χ1) is 8.72. The average molecular weight is 296 g/mol. The predicted octanol–water partition coefficient (Wildman–Crippen LogP) is 1.02. The highest BCUT2D eigenvalue weighted by Gasteiger charge is 2.47. The molecular weight excluding hydrogens is 288 g/mol. The Hall–Kier alpha value is -1.96. The van der Waals surface area contributed by atoms with Gasteiger partial charge in [-0.2, -0.15) is 0 Å². The molecule has 14 heteroatoms. The van der Waals surface area contributed by atoms with Gasteiger partial charge in [0.05, 0.1) is 13.2 Å². The zero-order chi connectivity index (χ0) is 15.1. The summed E-state index contributed by atoms with van der Waals surface area (Å²) in [5, 5.41) is 13.1. The van der Waals surface area contributed by atoms with Crippen LogP contribution in [0.1, 0.15) is 12.8 Å². The Balaban J connectivity index is 4.67. The second-order valence-electron chi connectivity index (χ2n) is 3.06. The van der Waals surface area contributed by atoms with Crippen LogP contribution in [0, 0.1) is 20.2 Å². The maximum absolute atomic E-state index is 12.5. The van der Waals surface area contributed by atoms with E-state index in [9.17, 15) is 38.2 Å². The van der Waals surface area contributed by atoms with Crippen molar-refractivity contribution in [3.63, 3.8) is 0 Å². The van der Waals surface area contributed by atoms with Gasteiger partial charge in [0.15, 0.2) is 5.66 Å². The van der Waals surface area contributed by atoms with E-state index < -0.39 is 52.6 Å². The van der Waals surface area contributed by atoms with Crippen LogP contribution in [0.15, 0.2) is 0 Å². The lowest BCUT2D eigenvalue weighted by Gasteiger charge is -2.31. The molecule has 0 aromatic rings. The highest BCUT2D eigenvalue weighted by molar-refractivity contribution is 4.77. The summed E-state index contributed by atoms with van der Waals surface area (Å²) in [7, 11) is 0. The van der Waals surface area contributed by atoms with Crippen molar-refractivity contribution in [1.82, 2.24) is 10.7 Å². The van der Waals surface area contributed by atoms with E-state index in [1.807, 2.05) is 0 Å². The summed E-state index contributed by atoms with van der Waals surface area (Å²) in [4.78, 5) is 26.9. The molecule has 0 heterocycles. The quantitative estimate of drug-likeness (QED) is 0.193. The Bertz CT molecular complexity index is 288. The molecule has 0 unspecified atom stereocenters. The van der Waals surface area contributed by atoms with Crippen LogP contribution >= 0.6 is 0 Å². The van der Waals surface area contributed by atoms with Crippen LogP contribution in [0.2, 0.25) is 0 Å². The minimum Gasteiger partial charge on any atom is -0.314 e. The first-order valence-electron chi connectivity index (χ1n) is 4.50. The lowest BCUT2D eigenvalue weighted by atomic mass is 10.1. The second kappa shape index (κ2) is 7.47. The van der Waals surface area contributed by atoms with E-state index in [-0.39, 0.29) is 0 Å². The fraction of sp³-hybridized carbons (Fsp3) is 1.00. The number of rotatable bonds is 10. The second-order valence-corrected chi connectivity index (χ2v) is 3.06. The molecule has 0 saturated heterocycles. The van der Waals surface area contributed by atoms with E-state index in [1.54, 1.807) is 0 Å². The van der Waals surface area contributed by atoms with Crippen LogP contribution in [0.5, 0.6) is 0 Å². The molecule has 0 aromatic heterocycles. The van der Waals surface area contributed by atoms with Gasteiger partial charge in [-0.3, -0.25) is 0 Å². The summed E-state index contributed by atoms with van der Waals surface area (Å²) < 4.78 is 50.1. The highest BCUT2D eigenvalue weighted by Crippen LogP contribution is 2.31. The third-order valence-corrected chi connectivity index (χ3v) is 2.03. The first kappa shape index (κ1) is 17.0. The molecule has 0 fully saturated rings. The van der Waals surface area contributed by atoms with Gasteiger partial charge in [0.2, 0.25) is 0 Å². The van der Waals surface area contributed by atoms with E-state index in [4.69, 9.17) is 0 Å². The van der Waals surface area contributed by atoms with E-state index in [0.29, 0.717) is 0 Å². The van der Waals surface area contributed by atoms with Gasteiger partial charge in [-0.25, -0.2) is 0 Å². The number of halogens is 4. The Kier molecular flexibility index (Phi) is 6.70. The monoisotopic (exact) mass is 296 g/mol. The molecule has 0 bridgehead atoms. The molecule has 0 amide bonds. The van der Waals surface area contributed by atoms with Crippen LogP contribution < -0.4 is 0 Å². The van der Waals surface area contributed by atoms with Gasteiger partial charge in [0.1, 0.15) is 0 Å². The zero-order valence-electron chi connectivity index (χ0n) is 9.08. The standard InChI is InChI=1S/C5H8F4N4O6/c6-10(7)5(11(8)9,1-3-18-12(14)15)2-4-19-13(16)17/h1-4H2. The van der Waals surface area contributed by atoms with Crippen molar-refractivity contribution in [1.29, 1.82) is 0 Å². The number of hydrogen-bond donors (Lipinski definition) is 0. The van der Waals surface area contributed by atoms with Crippen molar-refractivity contribution in [2.24, 2.45) is 0 Å². The minimum absolute atomic E-state index is 1.06. The van der Waals surface area contributed by atoms with Gasteiger partial charge in [-0.15, -0.1) is 20.2 Å². The van der Waals surface area contributed by atoms with Gasteiger partial charge in [-0.1, -0.05) is 17.9 Å². The SMILES string of the molecule is O=[N+]([O-])OCCC(CCO[N+](=O)[O-])(N(F)F)N(F)F. The van der Waals surface area contributed by atoms with Crippen LogP contribution in [0.3, 0.4) is 0 Å². The smallest absolute Gasteiger partial charge is 0.294 e. The van der Waals surface area contributed by atoms with E-state index in [2.05, 4.69) is 9.68 Å². The topological polar surface area (TPSA) is 111 Å². The van der Waals surface area contributed by atoms with Gasteiger partial charge < -0.3 is 9.68 Å². The molecule has 0 saturated carbocycles. The Morgan fingerprint density at radius 1 is 0.895 bits per heavy atom. The maximum Gasteiger partial charge on any atom is 0.294 e. The molecule has 0 aliphatic carbocycles. The molecule has 0 rings (SSSR count). The van der Waals surface area contributed by atoms with E-state index in [1.165, 1.54) is 0 Å². The molecule has 112 valence electrons. The number of nitrogens with zero attached hydrogens (tertiary/aromatic N) is 4. The average Bonchev–Trinajstić information content (AvgIpc) is 2.25. The Morgan fingerprint density at radius 2 is 1.21 bits per heavy atom. The third kappa shape index (κ3) is 5.47. The van der Waals surface area contributed by atoms with Crippen molar-refractivity contribution in [2.75, 3.05) is 13.2 Å². The van der Waals surface area contributed by atoms with Crippen LogP contribution in [0.4, 0.5) is 17.9 Å². The van der Waals surface area contributed by atoms with Crippen LogP contribution in [-0.2, 0) is 9.68 Å². The summed E-state index contributed by atoms with van der Waals surface area (Å²) in [5.41, 5.74) is -3.29. The lowest BCUT2D eigenvalue weighted by molar-refractivity contribution is -0.760. The summed E-state index contributed by atoms with van der Waals surface area (Å²) >= 11 is 0. The van der Waals surface area contributed by atoms with Crippen molar-refractivity contribution in [3.8, 4) is 0 Å². The predicted molar refractivity (Wildman–Crippen MR) is 46.0 cm³/mol. The molecule has 0 N–H and O–H groups in total. The Labute approximate surface area is 102 Å². The number of hydrogen-bond acceptors (Lipinski definition) is 8. The van der Waals surface area contributed by atoms with E-state index in [0.717, 1.165) is 0 Å². The fourth-order valence-corrected chi connectivity index (χ4v) is 1.09. The van der Waals surface area contributed by atoms with Crippen molar-refractivity contribution < 1.29 is 37.8 Å². The van der Waals surface area contributed by atoms with Gasteiger partial charge in [0.25, 0.3) is 10.2 Å². The molecule has 19 heavy (non-hydrogen) atoms. The highest BCUT2D eigenvalue weighted by atomic mass is 19.4. The molecule has 0 aliphatic heterocycles.